The summed E-state index contributed by atoms with van der Waals surface area (Å²) in [6.07, 6.45) is 1.70. The lowest BCUT2D eigenvalue weighted by atomic mass is 10.2. The third kappa shape index (κ3) is 2.60. The minimum absolute atomic E-state index is 0.353. The SMILES string of the molecule is COCC1CNCCN1c1ncc(Cl)s1. The van der Waals surface area contributed by atoms with Gasteiger partial charge in [-0.1, -0.05) is 22.9 Å². The lowest BCUT2D eigenvalue weighted by Gasteiger charge is -2.35. The zero-order valence-electron chi connectivity index (χ0n) is 8.57. The fraction of sp³-hybridized carbons (Fsp3) is 0.667. The molecule has 4 nitrogen and oxygen atoms in total. The van der Waals surface area contributed by atoms with Crippen molar-refractivity contribution < 1.29 is 4.74 Å². The molecule has 1 aliphatic heterocycles. The van der Waals surface area contributed by atoms with E-state index in [9.17, 15) is 0 Å². The molecule has 0 aromatic carbocycles. The molecule has 1 unspecified atom stereocenters. The van der Waals surface area contributed by atoms with E-state index in [1.807, 2.05) is 0 Å². The van der Waals surface area contributed by atoms with Crippen molar-refractivity contribution in [3.05, 3.63) is 10.5 Å². The van der Waals surface area contributed by atoms with Crippen LogP contribution in [0.2, 0.25) is 4.34 Å². The first-order valence-electron chi connectivity index (χ1n) is 4.89. The van der Waals surface area contributed by atoms with E-state index >= 15 is 0 Å². The van der Waals surface area contributed by atoms with E-state index in [-0.39, 0.29) is 0 Å². The summed E-state index contributed by atoms with van der Waals surface area (Å²) in [5.41, 5.74) is 0. The first-order valence-corrected chi connectivity index (χ1v) is 6.08. The number of methoxy groups -OCH3 is 1. The fourth-order valence-electron chi connectivity index (χ4n) is 1.73. The number of hydrogen-bond donors (Lipinski definition) is 1. The Bertz CT molecular complexity index is 318. The van der Waals surface area contributed by atoms with E-state index in [1.165, 1.54) is 11.3 Å². The number of aromatic nitrogens is 1. The van der Waals surface area contributed by atoms with Crippen LogP contribution in [0.4, 0.5) is 5.13 Å². The topological polar surface area (TPSA) is 37.4 Å². The van der Waals surface area contributed by atoms with Crippen LogP contribution in [0.3, 0.4) is 0 Å². The molecule has 2 heterocycles. The Balaban J connectivity index is 2.10. The van der Waals surface area contributed by atoms with Crippen LogP contribution in [0.15, 0.2) is 6.20 Å². The highest BCUT2D eigenvalue weighted by molar-refractivity contribution is 7.19. The van der Waals surface area contributed by atoms with E-state index in [0.29, 0.717) is 12.6 Å². The lowest BCUT2D eigenvalue weighted by Crippen LogP contribution is -2.53. The summed E-state index contributed by atoms with van der Waals surface area (Å²) in [7, 11) is 1.72. The normalized spacial score (nSPS) is 22.0. The molecule has 0 aliphatic carbocycles. The number of ether oxygens (including phenoxy) is 1. The minimum Gasteiger partial charge on any atom is -0.382 e. The number of hydrogen-bond acceptors (Lipinski definition) is 5. The van der Waals surface area contributed by atoms with Crippen molar-refractivity contribution >= 4 is 28.1 Å². The molecule has 1 saturated heterocycles. The average Bonchev–Trinajstić information content (AvgIpc) is 2.66. The molecule has 6 heteroatoms. The van der Waals surface area contributed by atoms with Gasteiger partial charge < -0.3 is 15.0 Å². The summed E-state index contributed by atoms with van der Waals surface area (Å²) >= 11 is 7.41. The Morgan fingerprint density at radius 3 is 3.33 bits per heavy atom. The van der Waals surface area contributed by atoms with Crippen LogP contribution >= 0.6 is 22.9 Å². The summed E-state index contributed by atoms with van der Waals surface area (Å²) in [5.74, 6) is 0. The maximum Gasteiger partial charge on any atom is 0.187 e. The third-order valence-corrected chi connectivity index (χ3v) is 3.57. The van der Waals surface area contributed by atoms with Crippen molar-refractivity contribution in [2.45, 2.75) is 6.04 Å². The van der Waals surface area contributed by atoms with Crippen molar-refractivity contribution in [3.8, 4) is 0 Å². The highest BCUT2D eigenvalue weighted by atomic mass is 35.5. The lowest BCUT2D eigenvalue weighted by molar-refractivity contribution is 0.170. The van der Waals surface area contributed by atoms with Gasteiger partial charge >= 0.3 is 0 Å². The van der Waals surface area contributed by atoms with E-state index in [4.69, 9.17) is 16.3 Å². The second kappa shape index (κ2) is 5.12. The monoisotopic (exact) mass is 247 g/mol. The van der Waals surface area contributed by atoms with Crippen LogP contribution in [0.1, 0.15) is 0 Å². The van der Waals surface area contributed by atoms with Crippen LogP contribution in [0.25, 0.3) is 0 Å². The first-order chi connectivity index (χ1) is 7.31. The number of nitrogens with zero attached hydrogens (tertiary/aromatic N) is 2. The van der Waals surface area contributed by atoms with Gasteiger partial charge in [0.05, 0.1) is 18.8 Å². The summed E-state index contributed by atoms with van der Waals surface area (Å²) in [6.45, 7) is 3.59. The van der Waals surface area contributed by atoms with Crippen LogP contribution in [0.5, 0.6) is 0 Å². The van der Waals surface area contributed by atoms with Crippen molar-refractivity contribution in [2.75, 3.05) is 38.3 Å². The van der Waals surface area contributed by atoms with Gasteiger partial charge in [-0.3, -0.25) is 0 Å². The van der Waals surface area contributed by atoms with Crippen LogP contribution in [-0.4, -0.2) is 44.4 Å². The molecule has 0 saturated carbocycles. The molecule has 2 rings (SSSR count). The highest BCUT2D eigenvalue weighted by Gasteiger charge is 2.24. The van der Waals surface area contributed by atoms with Gasteiger partial charge in [0, 0.05) is 26.7 Å². The smallest absolute Gasteiger partial charge is 0.187 e. The van der Waals surface area contributed by atoms with Gasteiger partial charge in [0.2, 0.25) is 0 Å². The second-order valence-corrected chi connectivity index (χ2v) is 5.09. The largest absolute Gasteiger partial charge is 0.382 e. The molecule has 0 amide bonds. The molecule has 15 heavy (non-hydrogen) atoms. The quantitative estimate of drug-likeness (QED) is 0.872. The molecule has 0 spiro atoms. The van der Waals surface area contributed by atoms with Gasteiger partial charge in [0.15, 0.2) is 5.13 Å². The molecule has 1 atom stereocenters. The predicted octanol–water partition coefficient (Wildman–Crippen LogP) is 1.22. The minimum atomic E-state index is 0.353. The number of piperazine rings is 1. The predicted molar refractivity (Wildman–Crippen MR) is 63.0 cm³/mol. The maximum atomic E-state index is 5.89. The standard InChI is InChI=1S/C9H14ClN3OS/c1-14-6-7-4-11-2-3-13(7)9-12-5-8(10)15-9/h5,7,11H,2-4,6H2,1H3. The summed E-state index contributed by atoms with van der Waals surface area (Å²) in [5, 5.41) is 4.34. The van der Waals surface area contributed by atoms with Gasteiger partial charge in [0.25, 0.3) is 0 Å². The Kier molecular flexibility index (Phi) is 3.80. The number of halogens is 1. The molecule has 1 aliphatic rings. The van der Waals surface area contributed by atoms with E-state index in [2.05, 4.69) is 15.2 Å². The van der Waals surface area contributed by atoms with Crippen LogP contribution in [-0.2, 0) is 4.74 Å². The summed E-state index contributed by atoms with van der Waals surface area (Å²) < 4.78 is 5.94. The Morgan fingerprint density at radius 1 is 1.80 bits per heavy atom. The molecule has 1 aromatic rings. The molecular formula is C9H14ClN3OS. The summed E-state index contributed by atoms with van der Waals surface area (Å²) in [6, 6.07) is 0.353. The van der Waals surface area contributed by atoms with Crippen molar-refractivity contribution in [3.63, 3.8) is 0 Å². The van der Waals surface area contributed by atoms with E-state index < -0.39 is 0 Å². The Labute approximate surface area is 98.2 Å². The molecular weight excluding hydrogens is 234 g/mol. The number of anilines is 1. The average molecular weight is 248 g/mol. The molecule has 84 valence electrons. The van der Waals surface area contributed by atoms with E-state index in [1.54, 1.807) is 13.3 Å². The molecule has 1 fully saturated rings. The second-order valence-electron chi connectivity index (χ2n) is 3.45. The zero-order valence-corrected chi connectivity index (χ0v) is 10.1. The van der Waals surface area contributed by atoms with Crippen LogP contribution in [0, 0.1) is 0 Å². The van der Waals surface area contributed by atoms with Gasteiger partial charge in [-0.15, -0.1) is 0 Å². The number of nitrogens with one attached hydrogen (secondary N) is 1. The highest BCUT2D eigenvalue weighted by Crippen LogP contribution is 2.28. The van der Waals surface area contributed by atoms with Crippen LogP contribution < -0.4 is 10.2 Å². The first kappa shape index (κ1) is 11.1. The molecule has 0 bridgehead atoms. The maximum absolute atomic E-state index is 5.89. The van der Waals surface area contributed by atoms with Crippen molar-refractivity contribution in [1.82, 2.24) is 10.3 Å². The number of thiazole rings is 1. The third-order valence-electron chi connectivity index (χ3n) is 2.42. The van der Waals surface area contributed by atoms with Gasteiger partial charge in [0.1, 0.15) is 4.34 Å². The fourth-order valence-corrected chi connectivity index (χ4v) is 2.73. The van der Waals surface area contributed by atoms with Crippen molar-refractivity contribution in [2.24, 2.45) is 0 Å². The summed E-state index contributed by atoms with van der Waals surface area (Å²) in [4.78, 5) is 6.56. The van der Waals surface area contributed by atoms with Crippen molar-refractivity contribution in [1.29, 1.82) is 0 Å². The van der Waals surface area contributed by atoms with Gasteiger partial charge in [-0.05, 0) is 0 Å². The molecule has 0 radical (unpaired) electrons. The van der Waals surface area contributed by atoms with E-state index in [0.717, 1.165) is 29.1 Å². The number of rotatable bonds is 3. The van der Waals surface area contributed by atoms with Gasteiger partial charge in [-0.2, -0.15) is 0 Å². The van der Waals surface area contributed by atoms with Gasteiger partial charge in [-0.25, -0.2) is 4.98 Å². The zero-order chi connectivity index (χ0) is 10.7. The Hall–Kier alpha value is -0.360. The molecule has 1 N–H and O–H groups in total. The molecule has 1 aromatic heterocycles. The Morgan fingerprint density at radius 2 is 2.67 bits per heavy atom.